The Labute approximate surface area is 92.0 Å². The van der Waals surface area contributed by atoms with E-state index >= 15 is 0 Å². The summed E-state index contributed by atoms with van der Waals surface area (Å²) in [6, 6.07) is 6.86. The van der Waals surface area contributed by atoms with E-state index in [-0.39, 0.29) is 11.8 Å². The average molecular weight is 281 g/mol. The Morgan fingerprint density at radius 2 is 1.86 bits per heavy atom. The lowest BCUT2D eigenvalue weighted by Gasteiger charge is -1.96. The summed E-state index contributed by atoms with van der Waals surface area (Å²) in [6.07, 6.45) is 0. The quantitative estimate of drug-likeness (QED) is 0.647. The fourth-order valence-electron chi connectivity index (χ4n) is 0.701. The molecule has 0 aliphatic rings. The zero-order valence-electron chi connectivity index (χ0n) is 6.73. The summed E-state index contributed by atoms with van der Waals surface area (Å²) in [5.41, 5.74) is -3.75. The maximum Gasteiger partial charge on any atom is 0.453 e. The molecule has 0 saturated carbocycles. The van der Waals surface area contributed by atoms with Gasteiger partial charge in [-0.3, -0.25) is 0 Å². The first-order valence-electron chi connectivity index (χ1n) is 3.49. The van der Waals surface area contributed by atoms with Crippen LogP contribution in [0.15, 0.2) is 28.7 Å². The molecule has 74 valence electrons. The molecular formula is C9H4BrF3S. The fraction of sp³-hybridized carbons (Fsp3) is 0.111. The van der Waals surface area contributed by atoms with Crippen molar-refractivity contribution < 1.29 is 13.2 Å². The van der Waals surface area contributed by atoms with Crippen LogP contribution in [0.2, 0.25) is 0 Å². The number of benzene rings is 1. The van der Waals surface area contributed by atoms with Crippen molar-refractivity contribution >= 4 is 27.7 Å². The fourth-order valence-corrected chi connectivity index (χ4v) is 1.36. The monoisotopic (exact) mass is 280 g/mol. The van der Waals surface area contributed by atoms with E-state index in [0.29, 0.717) is 10.0 Å². The van der Waals surface area contributed by atoms with Gasteiger partial charge in [0.1, 0.15) is 0 Å². The largest absolute Gasteiger partial charge is 0.453 e. The molecule has 1 rings (SSSR count). The van der Waals surface area contributed by atoms with Crippen molar-refractivity contribution in [2.24, 2.45) is 0 Å². The second-order valence-electron chi connectivity index (χ2n) is 2.25. The molecular weight excluding hydrogens is 277 g/mol. The summed E-state index contributed by atoms with van der Waals surface area (Å²) in [5, 5.41) is 1.99. The minimum atomic E-state index is -4.30. The minimum Gasteiger partial charge on any atom is -0.160 e. The Hall–Kier alpha value is -0.600. The number of hydrogen-bond donors (Lipinski definition) is 0. The van der Waals surface area contributed by atoms with Crippen LogP contribution in [0, 0.1) is 11.2 Å². The summed E-state index contributed by atoms with van der Waals surface area (Å²) < 4.78 is 35.8. The van der Waals surface area contributed by atoms with Gasteiger partial charge in [-0.2, -0.15) is 13.2 Å². The molecule has 0 amide bonds. The molecule has 1 aromatic carbocycles. The van der Waals surface area contributed by atoms with E-state index in [0.717, 1.165) is 0 Å². The summed E-state index contributed by atoms with van der Waals surface area (Å²) in [4.78, 5) is 0. The van der Waals surface area contributed by atoms with E-state index in [9.17, 15) is 13.2 Å². The second kappa shape index (κ2) is 4.76. The van der Waals surface area contributed by atoms with Gasteiger partial charge >= 0.3 is 5.51 Å². The highest BCUT2D eigenvalue weighted by Crippen LogP contribution is 2.29. The normalized spacial score (nSPS) is 10.6. The van der Waals surface area contributed by atoms with Gasteiger partial charge in [-0.1, -0.05) is 18.1 Å². The Kier molecular flexibility index (Phi) is 3.90. The van der Waals surface area contributed by atoms with Gasteiger partial charge in [0.15, 0.2) is 0 Å². The molecule has 5 heteroatoms. The van der Waals surface area contributed by atoms with E-state index in [2.05, 4.69) is 21.9 Å². The summed E-state index contributed by atoms with van der Waals surface area (Å²) in [5.74, 6) is 2.42. The first-order valence-corrected chi connectivity index (χ1v) is 5.10. The third-order valence-electron chi connectivity index (χ3n) is 1.23. The number of hydrogen-bond acceptors (Lipinski definition) is 1. The maximum atomic E-state index is 11.7. The maximum absolute atomic E-state index is 11.7. The third kappa shape index (κ3) is 4.07. The predicted molar refractivity (Wildman–Crippen MR) is 54.7 cm³/mol. The average Bonchev–Trinajstić information content (AvgIpc) is 2.06. The SMILES string of the molecule is FC(F)(F)SC#Cc1ccccc1Br. The highest BCUT2D eigenvalue weighted by atomic mass is 79.9. The number of alkyl halides is 3. The van der Waals surface area contributed by atoms with Crippen LogP contribution in [0.1, 0.15) is 5.56 Å². The zero-order chi connectivity index (χ0) is 10.6. The lowest BCUT2D eigenvalue weighted by molar-refractivity contribution is -0.0318. The first kappa shape index (κ1) is 11.5. The van der Waals surface area contributed by atoms with Crippen LogP contribution in [-0.2, 0) is 0 Å². The van der Waals surface area contributed by atoms with Crippen LogP contribution < -0.4 is 0 Å². The molecule has 0 fully saturated rings. The molecule has 0 atom stereocenters. The van der Waals surface area contributed by atoms with Crippen LogP contribution in [0.4, 0.5) is 13.2 Å². The number of halogens is 4. The van der Waals surface area contributed by atoms with Crippen molar-refractivity contribution in [3.8, 4) is 11.2 Å². The number of thioether (sulfide) groups is 1. The van der Waals surface area contributed by atoms with Crippen molar-refractivity contribution in [1.82, 2.24) is 0 Å². The van der Waals surface area contributed by atoms with Crippen molar-refractivity contribution in [1.29, 1.82) is 0 Å². The van der Waals surface area contributed by atoms with Gasteiger partial charge in [-0.25, -0.2) is 0 Å². The smallest absolute Gasteiger partial charge is 0.160 e. The van der Waals surface area contributed by atoms with Crippen LogP contribution in [-0.4, -0.2) is 5.51 Å². The van der Waals surface area contributed by atoms with Crippen molar-refractivity contribution in [2.75, 3.05) is 0 Å². The van der Waals surface area contributed by atoms with Gasteiger partial charge in [-0.15, -0.1) is 0 Å². The van der Waals surface area contributed by atoms with E-state index in [1.807, 2.05) is 5.25 Å². The van der Waals surface area contributed by atoms with Crippen LogP contribution in [0.3, 0.4) is 0 Å². The molecule has 0 N–H and O–H groups in total. The highest BCUT2D eigenvalue weighted by Gasteiger charge is 2.27. The molecule has 0 bridgehead atoms. The van der Waals surface area contributed by atoms with E-state index in [1.54, 1.807) is 24.3 Å². The zero-order valence-corrected chi connectivity index (χ0v) is 9.13. The molecule has 0 nitrogen and oxygen atoms in total. The van der Waals surface area contributed by atoms with Gasteiger partial charge in [0.25, 0.3) is 0 Å². The van der Waals surface area contributed by atoms with Crippen molar-refractivity contribution in [3.05, 3.63) is 34.3 Å². The Balaban J connectivity index is 2.74. The topological polar surface area (TPSA) is 0 Å². The van der Waals surface area contributed by atoms with Gasteiger partial charge in [-0.05, 0) is 33.3 Å². The Morgan fingerprint density at radius 3 is 2.43 bits per heavy atom. The predicted octanol–water partition coefficient (Wildman–Crippen LogP) is 4.01. The van der Waals surface area contributed by atoms with Crippen LogP contribution >= 0.6 is 27.7 Å². The summed E-state index contributed by atoms with van der Waals surface area (Å²) in [7, 11) is 0. The lowest BCUT2D eigenvalue weighted by Crippen LogP contribution is -1.96. The molecule has 0 radical (unpaired) electrons. The van der Waals surface area contributed by atoms with Crippen molar-refractivity contribution in [2.45, 2.75) is 5.51 Å². The van der Waals surface area contributed by atoms with E-state index in [1.165, 1.54) is 0 Å². The molecule has 0 aliphatic carbocycles. The molecule has 0 heterocycles. The molecule has 14 heavy (non-hydrogen) atoms. The van der Waals surface area contributed by atoms with Crippen LogP contribution in [0.5, 0.6) is 0 Å². The molecule has 0 spiro atoms. The van der Waals surface area contributed by atoms with Gasteiger partial charge < -0.3 is 0 Å². The second-order valence-corrected chi connectivity index (χ2v) is 3.98. The molecule has 1 aromatic rings. The van der Waals surface area contributed by atoms with E-state index < -0.39 is 5.51 Å². The summed E-state index contributed by atoms with van der Waals surface area (Å²) in [6.45, 7) is 0. The standard InChI is InChI=1S/C9H4BrF3S/c10-8-4-2-1-3-7(8)5-6-14-9(11,12)13/h1-4H. The first-order chi connectivity index (χ1) is 6.49. The van der Waals surface area contributed by atoms with E-state index in [4.69, 9.17) is 0 Å². The van der Waals surface area contributed by atoms with Gasteiger partial charge in [0, 0.05) is 21.8 Å². The number of rotatable bonds is 0. The highest BCUT2D eigenvalue weighted by molar-refractivity contribution is 9.10. The Morgan fingerprint density at radius 1 is 1.21 bits per heavy atom. The molecule has 0 unspecified atom stereocenters. The molecule has 0 aliphatic heterocycles. The van der Waals surface area contributed by atoms with Gasteiger partial charge in [0.05, 0.1) is 0 Å². The molecule has 0 aromatic heterocycles. The van der Waals surface area contributed by atoms with Gasteiger partial charge in [0.2, 0.25) is 0 Å². The minimum absolute atomic E-state index is 0.345. The van der Waals surface area contributed by atoms with Crippen LogP contribution in [0.25, 0.3) is 0 Å². The Bertz CT molecular complexity index is 376. The lowest BCUT2D eigenvalue weighted by atomic mass is 10.2. The molecule has 0 saturated heterocycles. The van der Waals surface area contributed by atoms with Crippen molar-refractivity contribution in [3.63, 3.8) is 0 Å². The summed E-state index contributed by atoms with van der Waals surface area (Å²) >= 11 is 2.84. The third-order valence-corrected chi connectivity index (χ3v) is 2.35.